The highest BCUT2D eigenvalue weighted by atomic mass is 35.5. The van der Waals surface area contributed by atoms with Crippen LogP contribution in [0.25, 0.3) is 10.9 Å². The number of nitrogens with one attached hydrogen (secondary N) is 1. The summed E-state index contributed by atoms with van der Waals surface area (Å²) in [5, 5.41) is 15.6. The molecule has 5 rings (SSSR count). The summed E-state index contributed by atoms with van der Waals surface area (Å²) in [7, 11) is 1.64. The van der Waals surface area contributed by atoms with E-state index >= 15 is 0 Å². The average Bonchev–Trinajstić information content (AvgIpc) is 3.27. The van der Waals surface area contributed by atoms with Gasteiger partial charge in [0.1, 0.15) is 24.1 Å². The van der Waals surface area contributed by atoms with Crippen molar-refractivity contribution >= 4 is 28.5 Å². The highest BCUT2D eigenvalue weighted by Crippen LogP contribution is 2.35. The van der Waals surface area contributed by atoms with Crippen LogP contribution in [0.4, 0.5) is 0 Å². The van der Waals surface area contributed by atoms with Crippen LogP contribution < -0.4 is 19.9 Å². The van der Waals surface area contributed by atoms with Crippen molar-refractivity contribution in [3.05, 3.63) is 93.1 Å². The van der Waals surface area contributed by atoms with Gasteiger partial charge in [0.15, 0.2) is 6.04 Å². The van der Waals surface area contributed by atoms with Gasteiger partial charge >= 0.3 is 0 Å². The number of benzene rings is 3. The zero-order valence-electron chi connectivity index (χ0n) is 21.4. The molecule has 37 heavy (non-hydrogen) atoms. The van der Waals surface area contributed by atoms with Crippen LogP contribution in [0.15, 0.2) is 54.6 Å². The van der Waals surface area contributed by atoms with Gasteiger partial charge in [0.2, 0.25) is 0 Å². The number of methoxy groups -OCH3 is 1. The fourth-order valence-electron chi connectivity index (χ4n) is 5.27. The Hall–Kier alpha value is -3.48. The maximum atomic E-state index is 12.0. The third kappa shape index (κ3) is 4.79. The molecule has 192 valence electrons. The molecule has 0 aliphatic carbocycles. The normalized spacial score (nSPS) is 17.1. The Kier molecular flexibility index (Phi) is 6.88. The number of halogens is 1. The molecule has 1 aliphatic rings. The SMILES string of the molecule is COc1ccc(C2[NH2+]C(C(=O)[O-])Cc3c2[nH]c2ccccc32)cc1COc1cc(C)c(Cl)cc1C(C)C. The Labute approximate surface area is 221 Å². The summed E-state index contributed by atoms with van der Waals surface area (Å²) in [6.07, 6.45) is 0.415. The van der Waals surface area contributed by atoms with Crippen LogP contribution >= 0.6 is 11.6 Å². The molecule has 6 nitrogen and oxygen atoms in total. The topological polar surface area (TPSA) is 91.0 Å². The Balaban J connectivity index is 1.52. The largest absolute Gasteiger partial charge is 0.544 e. The zero-order chi connectivity index (χ0) is 26.3. The number of H-pyrrole nitrogens is 1. The predicted octanol–water partition coefficient (Wildman–Crippen LogP) is 4.17. The van der Waals surface area contributed by atoms with Crippen LogP contribution in [-0.2, 0) is 17.8 Å². The number of ether oxygens (including phenoxy) is 2. The van der Waals surface area contributed by atoms with E-state index in [0.717, 1.165) is 55.2 Å². The van der Waals surface area contributed by atoms with Crippen LogP contribution in [0.1, 0.15) is 59.3 Å². The van der Waals surface area contributed by atoms with E-state index in [2.05, 4.69) is 18.8 Å². The summed E-state index contributed by atoms with van der Waals surface area (Å²) in [5.41, 5.74) is 6.90. The quantitative estimate of drug-likeness (QED) is 0.384. The molecule has 4 aromatic rings. The minimum Gasteiger partial charge on any atom is -0.544 e. The number of aliphatic carboxylic acids is 1. The van der Waals surface area contributed by atoms with Crippen molar-refractivity contribution in [2.45, 2.75) is 51.8 Å². The van der Waals surface area contributed by atoms with E-state index < -0.39 is 12.0 Å². The molecule has 0 fully saturated rings. The van der Waals surface area contributed by atoms with Crippen molar-refractivity contribution in [1.29, 1.82) is 0 Å². The number of quaternary nitrogens is 1. The molecule has 3 aromatic carbocycles. The van der Waals surface area contributed by atoms with Gasteiger partial charge in [0, 0.05) is 33.5 Å². The van der Waals surface area contributed by atoms with Crippen molar-refractivity contribution < 1.29 is 24.7 Å². The summed E-state index contributed by atoms with van der Waals surface area (Å²) >= 11 is 6.38. The minimum absolute atomic E-state index is 0.229. The first-order valence-corrected chi connectivity index (χ1v) is 12.9. The van der Waals surface area contributed by atoms with Crippen molar-refractivity contribution in [2.75, 3.05) is 7.11 Å². The van der Waals surface area contributed by atoms with Gasteiger partial charge in [-0.15, -0.1) is 0 Å². The first-order chi connectivity index (χ1) is 17.8. The lowest BCUT2D eigenvalue weighted by molar-refractivity contribution is -0.717. The van der Waals surface area contributed by atoms with Crippen LogP contribution in [-0.4, -0.2) is 24.1 Å². The molecule has 0 saturated carbocycles. The lowest BCUT2D eigenvalue weighted by atomic mass is 9.89. The summed E-state index contributed by atoms with van der Waals surface area (Å²) in [6, 6.07) is 17.0. The molecule has 2 unspecified atom stereocenters. The predicted molar refractivity (Wildman–Crippen MR) is 142 cm³/mol. The number of nitrogens with two attached hydrogens (primary N) is 1. The fourth-order valence-corrected chi connectivity index (χ4v) is 5.44. The second-order valence-electron chi connectivity index (χ2n) is 10.0. The molecule has 2 heterocycles. The molecule has 1 aliphatic heterocycles. The van der Waals surface area contributed by atoms with E-state index in [4.69, 9.17) is 21.1 Å². The van der Waals surface area contributed by atoms with Crippen LogP contribution in [0.2, 0.25) is 5.02 Å². The molecule has 3 N–H and O–H groups in total. The molecule has 0 spiro atoms. The molecule has 0 amide bonds. The van der Waals surface area contributed by atoms with Gasteiger partial charge in [-0.2, -0.15) is 0 Å². The van der Waals surface area contributed by atoms with Crippen LogP contribution in [0.3, 0.4) is 0 Å². The first kappa shape index (κ1) is 25.2. The Morgan fingerprint density at radius 1 is 1.16 bits per heavy atom. The third-order valence-electron chi connectivity index (χ3n) is 7.27. The molecular formula is C30H31ClN2O4. The van der Waals surface area contributed by atoms with E-state index in [1.54, 1.807) is 7.11 Å². The molecular weight excluding hydrogens is 488 g/mol. The van der Waals surface area contributed by atoms with Gasteiger partial charge in [-0.3, -0.25) is 0 Å². The number of fused-ring (bicyclic) bond motifs is 3. The molecule has 7 heteroatoms. The third-order valence-corrected chi connectivity index (χ3v) is 7.68. The van der Waals surface area contributed by atoms with E-state index in [1.807, 2.05) is 66.8 Å². The van der Waals surface area contributed by atoms with E-state index in [0.29, 0.717) is 18.8 Å². The number of aryl methyl sites for hydroxylation is 1. The summed E-state index contributed by atoms with van der Waals surface area (Å²) < 4.78 is 12.0. The minimum atomic E-state index is -1.06. The number of aromatic amines is 1. The number of para-hydroxylation sites is 1. The van der Waals surface area contributed by atoms with Gasteiger partial charge in [-0.1, -0.05) is 43.6 Å². The van der Waals surface area contributed by atoms with Gasteiger partial charge < -0.3 is 29.7 Å². The van der Waals surface area contributed by atoms with Gasteiger partial charge in [-0.05, 0) is 65.9 Å². The Morgan fingerprint density at radius 2 is 1.95 bits per heavy atom. The second-order valence-corrected chi connectivity index (χ2v) is 10.4. The smallest absolute Gasteiger partial charge is 0.153 e. The highest BCUT2D eigenvalue weighted by molar-refractivity contribution is 6.31. The number of carboxylic acid groups (broad SMARTS) is 1. The summed E-state index contributed by atoms with van der Waals surface area (Å²) in [6.45, 7) is 6.48. The van der Waals surface area contributed by atoms with Gasteiger partial charge in [0.05, 0.1) is 18.8 Å². The standard InChI is InChI=1S/C30H31ClN2O4/c1-16(2)21-13-23(31)17(3)11-27(21)37-15-19-12-18(9-10-26(19)36-4)28-29-22(14-25(33-28)30(34)35)20-7-5-6-8-24(20)32-29/h5-13,16,25,28,32-33H,14-15H2,1-4H3,(H,34,35). The van der Waals surface area contributed by atoms with Gasteiger partial charge in [0.25, 0.3) is 0 Å². The number of rotatable bonds is 7. The molecule has 0 radical (unpaired) electrons. The van der Waals surface area contributed by atoms with Gasteiger partial charge in [-0.25, -0.2) is 0 Å². The highest BCUT2D eigenvalue weighted by Gasteiger charge is 2.35. The fraction of sp³-hybridized carbons (Fsp3) is 0.300. The molecule has 0 bridgehead atoms. The number of carbonyl (C=O) groups excluding carboxylic acids is 1. The lowest BCUT2D eigenvalue weighted by Gasteiger charge is -2.29. The maximum absolute atomic E-state index is 12.0. The van der Waals surface area contributed by atoms with E-state index in [-0.39, 0.29) is 12.0 Å². The van der Waals surface area contributed by atoms with Crippen molar-refractivity contribution in [3.63, 3.8) is 0 Å². The monoisotopic (exact) mass is 518 g/mol. The number of carbonyl (C=O) groups is 1. The van der Waals surface area contributed by atoms with Crippen LogP contribution in [0.5, 0.6) is 11.5 Å². The Bertz CT molecular complexity index is 1480. The van der Waals surface area contributed by atoms with E-state index in [9.17, 15) is 9.90 Å². The first-order valence-electron chi connectivity index (χ1n) is 12.5. The summed E-state index contributed by atoms with van der Waals surface area (Å²) in [4.78, 5) is 15.5. The summed E-state index contributed by atoms with van der Waals surface area (Å²) in [5.74, 6) is 0.700. The Morgan fingerprint density at radius 3 is 2.68 bits per heavy atom. The van der Waals surface area contributed by atoms with Crippen molar-refractivity contribution in [2.24, 2.45) is 0 Å². The maximum Gasteiger partial charge on any atom is 0.153 e. The molecule has 0 saturated heterocycles. The molecule has 1 aromatic heterocycles. The zero-order valence-corrected chi connectivity index (χ0v) is 22.2. The van der Waals surface area contributed by atoms with Crippen molar-refractivity contribution in [1.82, 2.24) is 4.98 Å². The second kappa shape index (κ2) is 10.1. The number of hydrogen-bond acceptors (Lipinski definition) is 4. The number of hydrogen-bond donors (Lipinski definition) is 2. The molecule has 2 atom stereocenters. The average molecular weight is 519 g/mol. The van der Waals surface area contributed by atoms with Crippen LogP contribution in [0, 0.1) is 6.92 Å². The lowest BCUT2D eigenvalue weighted by Crippen LogP contribution is -2.95. The number of carboxylic acids is 1. The van der Waals surface area contributed by atoms with E-state index in [1.165, 1.54) is 0 Å². The number of aromatic nitrogens is 1. The van der Waals surface area contributed by atoms with Crippen molar-refractivity contribution in [3.8, 4) is 11.5 Å².